The molecule has 5 N–H and O–H groups in total. The van der Waals surface area contributed by atoms with E-state index in [9.17, 15) is 14.7 Å². The lowest BCUT2D eigenvalue weighted by Gasteiger charge is -2.19. The van der Waals surface area contributed by atoms with Crippen molar-refractivity contribution in [2.45, 2.75) is 25.4 Å². The van der Waals surface area contributed by atoms with E-state index in [4.69, 9.17) is 0 Å². The number of carbonyl (C=O) groups excluding carboxylic acids is 2. The molecule has 0 saturated heterocycles. The Morgan fingerprint density at radius 3 is 2.56 bits per heavy atom. The summed E-state index contributed by atoms with van der Waals surface area (Å²) in [5, 5.41) is 20.4. The molecular formula is C26H27N5O3. The van der Waals surface area contributed by atoms with Crippen molar-refractivity contribution in [3.05, 3.63) is 90.3 Å². The van der Waals surface area contributed by atoms with Gasteiger partial charge in [0.15, 0.2) is 5.95 Å². The summed E-state index contributed by atoms with van der Waals surface area (Å²) in [6, 6.07) is 19.2. The van der Waals surface area contributed by atoms with Gasteiger partial charge in [0.2, 0.25) is 5.91 Å². The summed E-state index contributed by atoms with van der Waals surface area (Å²) in [5.74, 6) is 0.267. The summed E-state index contributed by atoms with van der Waals surface area (Å²) in [4.78, 5) is 33.0. The fraction of sp³-hybridized carbons (Fsp3) is 0.192. The summed E-state index contributed by atoms with van der Waals surface area (Å²) >= 11 is 0. The van der Waals surface area contributed by atoms with Crippen LogP contribution in [0.25, 0.3) is 10.8 Å². The molecule has 3 aromatic carbocycles. The largest absolute Gasteiger partial charge is 0.508 e. The smallest absolute Gasteiger partial charge is 0.251 e. The van der Waals surface area contributed by atoms with Crippen LogP contribution in [0.2, 0.25) is 0 Å². The molecule has 1 unspecified atom stereocenters. The number of aromatic hydroxyl groups is 1. The molecule has 0 saturated carbocycles. The highest BCUT2D eigenvalue weighted by Crippen LogP contribution is 2.16. The van der Waals surface area contributed by atoms with E-state index in [0.717, 1.165) is 16.3 Å². The maximum Gasteiger partial charge on any atom is 0.251 e. The van der Waals surface area contributed by atoms with Crippen molar-refractivity contribution in [2.24, 2.45) is 0 Å². The van der Waals surface area contributed by atoms with Gasteiger partial charge in [-0.1, -0.05) is 42.5 Å². The number of nitrogens with one attached hydrogen (secondary N) is 4. The summed E-state index contributed by atoms with van der Waals surface area (Å²) in [5.41, 5.74) is 1.36. The second-order valence-electron chi connectivity index (χ2n) is 7.98. The normalized spacial score (nSPS) is 11.6. The third-order valence-electron chi connectivity index (χ3n) is 5.50. The van der Waals surface area contributed by atoms with E-state index >= 15 is 0 Å². The van der Waals surface area contributed by atoms with E-state index in [0.29, 0.717) is 37.4 Å². The van der Waals surface area contributed by atoms with Crippen LogP contribution in [0.15, 0.2) is 79.1 Å². The first kappa shape index (κ1) is 22.8. The van der Waals surface area contributed by atoms with E-state index in [-0.39, 0.29) is 17.6 Å². The number of hydrogen-bond acceptors (Lipinski definition) is 5. The number of phenols is 1. The molecule has 34 heavy (non-hydrogen) atoms. The van der Waals surface area contributed by atoms with Gasteiger partial charge in [0.1, 0.15) is 11.8 Å². The zero-order valence-electron chi connectivity index (χ0n) is 18.6. The minimum Gasteiger partial charge on any atom is -0.508 e. The van der Waals surface area contributed by atoms with Crippen LogP contribution >= 0.6 is 0 Å². The summed E-state index contributed by atoms with van der Waals surface area (Å²) in [6.07, 6.45) is 4.49. The number of nitrogens with zero attached hydrogens (tertiary/aromatic N) is 1. The van der Waals surface area contributed by atoms with Gasteiger partial charge in [0.05, 0.1) is 0 Å². The van der Waals surface area contributed by atoms with Crippen LogP contribution in [-0.4, -0.2) is 39.5 Å². The third-order valence-corrected chi connectivity index (χ3v) is 5.50. The van der Waals surface area contributed by atoms with Gasteiger partial charge in [-0.15, -0.1) is 0 Å². The summed E-state index contributed by atoms with van der Waals surface area (Å²) < 4.78 is 0. The molecule has 8 nitrogen and oxygen atoms in total. The topological polar surface area (TPSA) is 119 Å². The second kappa shape index (κ2) is 11.0. The van der Waals surface area contributed by atoms with Crippen LogP contribution in [0.1, 0.15) is 28.8 Å². The zero-order valence-corrected chi connectivity index (χ0v) is 18.6. The zero-order chi connectivity index (χ0) is 23.8. The number of aromatic amines is 1. The second-order valence-corrected chi connectivity index (χ2v) is 7.98. The van der Waals surface area contributed by atoms with Gasteiger partial charge >= 0.3 is 0 Å². The molecule has 8 heteroatoms. The number of amides is 2. The molecular weight excluding hydrogens is 430 g/mol. The van der Waals surface area contributed by atoms with Gasteiger partial charge in [-0.3, -0.25) is 9.59 Å². The monoisotopic (exact) mass is 457 g/mol. The lowest BCUT2D eigenvalue weighted by Crippen LogP contribution is -2.46. The Hall–Kier alpha value is -4.33. The first-order valence-electron chi connectivity index (χ1n) is 11.2. The fourth-order valence-electron chi connectivity index (χ4n) is 3.64. The quantitative estimate of drug-likeness (QED) is 0.233. The van der Waals surface area contributed by atoms with Crippen LogP contribution in [0.5, 0.6) is 5.75 Å². The molecule has 0 fully saturated rings. The van der Waals surface area contributed by atoms with E-state index in [1.54, 1.807) is 42.7 Å². The Labute approximate surface area is 197 Å². The van der Waals surface area contributed by atoms with Gasteiger partial charge < -0.3 is 26.0 Å². The van der Waals surface area contributed by atoms with Gasteiger partial charge in [0.25, 0.3) is 5.91 Å². The van der Waals surface area contributed by atoms with Crippen LogP contribution < -0.4 is 16.0 Å². The third kappa shape index (κ3) is 6.13. The molecule has 0 aliphatic heterocycles. The molecule has 4 rings (SSSR count). The van der Waals surface area contributed by atoms with Gasteiger partial charge in [0, 0.05) is 31.0 Å². The number of rotatable bonds is 10. The molecule has 0 aliphatic rings. The van der Waals surface area contributed by atoms with Crippen LogP contribution in [0, 0.1) is 0 Å². The molecule has 0 bridgehead atoms. The van der Waals surface area contributed by atoms with Crippen LogP contribution in [-0.2, 0) is 11.3 Å². The molecule has 4 aromatic rings. The predicted octanol–water partition coefficient (Wildman–Crippen LogP) is 3.58. The van der Waals surface area contributed by atoms with Gasteiger partial charge in [-0.2, -0.15) is 0 Å². The number of H-pyrrole nitrogens is 1. The van der Waals surface area contributed by atoms with Gasteiger partial charge in [-0.25, -0.2) is 4.98 Å². The van der Waals surface area contributed by atoms with Crippen molar-refractivity contribution in [3.63, 3.8) is 0 Å². The number of anilines is 1. The molecule has 2 amide bonds. The highest BCUT2D eigenvalue weighted by Gasteiger charge is 2.21. The van der Waals surface area contributed by atoms with Crippen molar-refractivity contribution < 1.29 is 14.7 Å². The fourth-order valence-corrected chi connectivity index (χ4v) is 3.64. The highest BCUT2D eigenvalue weighted by atomic mass is 16.3. The minimum absolute atomic E-state index is 0.166. The number of aromatic nitrogens is 2. The number of imidazole rings is 1. The van der Waals surface area contributed by atoms with E-state index < -0.39 is 6.04 Å². The molecule has 0 radical (unpaired) electrons. The molecule has 174 valence electrons. The summed E-state index contributed by atoms with van der Waals surface area (Å²) in [7, 11) is 0. The molecule has 0 spiro atoms. The summed E-state index contributed by atoms with van der Waals surface area (Å²) in [6.45, 7) is 0.896. The Balaban J connectivity index is 1.40. The molecule has 1 heterocycles. The molecule has 1 atom stereocenters. The van der Waals surface area contributed by atoms with Gasteiger partial charge in [-0.05, 0) is 53.4 Å². The van der Waals surface area contributed by atoms with Crippen LogP contribution in [0.4, 0.5) is 5.95 Å². The van der Waals surface area contributed by atoms with Crippen LogP contribution in [0.3, 0.4) is 0 Å². The van der Waals surface area contributed by atoms with E-state index in [2.05, 4.69) is 25.9 Å². The average Bonchev–Trinajstić information content (AvgIpc) is 3.38. The van der Waals surface area contributed by atoms with Crippen molar-refractivity contribution in [1.82, 2.24) is 20.6 Å². The standard InChI is InChI=1S/C26H27N5O3/c32-22-11-7-18(8-12-22)17-30-25(34)23(6-3-13-27-26-28-14-15-29-26)31-24(33)21-10-9-19-4-1-2-5-20(19)16-21/h1-2,4-5,7-12,14-16,23,32H,3,6,13,17H2,(H,30,34)(H,31,33)(H2,27,28,29). The van der Waals surface area contributed by atoms with Crippen molar-refractivity contribution in [1.29, 1.82) is 0 Å². The Morgan fingerprint density at radius 2 is 1.79 bits per heavy atom. The van der Waals surface area contributed by atoms with E-state index in [1.165, 1.54) is 0 Å². The first-order chi connectivity index (χ1) is 16.6. The molecule has 0 aliphatic carbocycles. The number of hydrogen-bond donors (Lipinski definition) is 5. The van der Waals surface area contributed by atoms with E-state index in [1.807, 2.05) is 36.4 Å². The number of fused-ring (bicyclic) bond motifs is 1. The average molecular weight is 458 g/mol. The van der Waals surface area contributed by atoms with Crippen molar-refractivity contribution in [3.8, 4) is 5.75 Å². The number of benzene rings is 3. The van der Waals surface area contributed by atoms with Crippen molar-refractivity contribution in [2.75, 3.05) is 11.9 Å². The molecule has 1 aromatic heterocycles. The highest BCUT2D eigenvalue weighted by molar-refractivity contribution is 6.00. The Morgan fingerprint density at radius 1 is 1.00 bits per heavy atom. The first-order valence-corrected chi connectivity index (χ1v) is 11.2. The lowest BCUT2D eigenvalue weighted by molar-refractivity contribution is -0.123. The van der Waals surface area contributed by atoms with Crippen molar-refractivity contribution >= 4 is 28.5 Å². The number of carbonyl (C=O) groups is 2. The SMILES string of the molecule is O=C(NC(CCCNc1ncc[nH]1)C(=O)NCc1ccc(O)cc1)c1ccc2ccccc2c1. The maximum atomic E-state index is 13.0. The lowest BCUT2D eigenvalue weighted by atomic mass is 10.1. The Kier molecular flexibility index (Phi) is 7.39. The predicted molar refractivity (Wildman–Crippen MR) is 131 cm³/mol. The maximum absolute atomic E-state index is 13.0. The Bertz CT molecular complexity index is 1240. The minimum atomic E-state index is -0.700. The number of phenolic OH excluding ortho intramolecular Hbond substituents is 1.